The van der Waals surface area contributed by atoms with Crippen LogP contribution in [0.1, 0.15) is 5.56 Å². The van der Waals surface area contributed by atoms with Gasteiger partial charge in [-0.1, -0.05) is 23.4 Å². The number of benzene rings is 1. The molecule has 0 atom stereocenters. The Bertz CT molecular complexity index is 710. The fourth-order valence-electron chi connectivity index (χ4n) is 1.85. The van der Waals surface area contributed by atoms with Gasteiger partial charge in [0.05, 0.1) is 12.3 Å². The van der Waals surface area contributed by atoms with Crippen molar-refractivity contribution in [2.45, 2.75) is 11.4 Å². The van der Waals surface area contributed by atoms with Crippen LogP contribution in [0.5, 0.6) is 0 Å². The van der Waals surface area contributed by atoms with Crippen LogP contribution in [0, 0.1) is 0 Å². The second kappa shape index (κ2) is 6.54. The Hall–Kier alpha value is -1.45. The van der Waals surface area contributed by atoms with Crippen molar-refractivity contribution in [1.82, 2.24) is 15.0 Å². The van der Waals surface area contributed by atoms with Gasteiger partial charge in [-0.25, -0.2) is 4.68 Å². The van der Waals surface area contributed by atoms with Gasteiger partial charge in [0.15, 0.2) is 4.60 Å². The fraction of sp³-hybridized carbons (Fsp3) is 0.333. The third-order valence-electron chi connectivity index (χ3n) is 2.83. The van der Waals surface area contributed by atoms with Crippen LogP contribution in [0.15, 0.2) is 33.9 Å². The molecule has 0 unspecified atom stereocenters. The normalized spacial score (nSPS) is 11.6. The topological polar surface area (TPSA) is 86.1 Å². The minimum atomic E-state index is -3.78. The third kappa shape index (κ3) is 3.60. The summed E-state index contributed by atoms with van der Waals surface area (Å²) in [5, 5.41) is 7.34. The van der Waals surface area contributed by atoms with E-state index in [-0.39, 0.29) is 9.63 Å². The van der Waals surface area contributed by atoms with E-state index in [2.05, 4.69) is 31.0 Å². The highest BCUT2D eigenvalue weighted by Gasteiger charge is 2.24. The van der Waals surface area contributed by atoms with Crippen molar-refractivity contribution in [2.24, 2.45) is 7.05 Å². The molecule has 2 aromatic rings. The average molecular weight is 375 g/mol. The van der Waals surface area contributed by atoms with Crippen LogP contribution in [-0.2, 0) is 28.2 Å². The van der Waals surface area contributed by atoms with Gasteiger partial charge in [0.2, 0.25) is 5.03 Å². The van der Waals surface area contributed by atoms with Gasteiger partial charge in [0, 0.05) is 14.2 Å². The van der Waals surface area contributed by atoms with Crippen LogP contribution in [0.3, 0.4) is 0 Å². The number of hydrogen-bond acceptors (Lipinski definition) is 5. The largest absolute Gasteiger partial charge is 0.384 e. The lowest BCUT2D eigenvalue weighted by molar-refractivity contribution is 0.202. The van der Waals surface area contributed by atoms with E-state index >= 15 is 0 Å². The molecule has 1 heterocycles. The molecule has 114 valence electrons. The smallest absolute Gasteiger partial charge is 0.281 e. The molecule has 1 N–H and O–H groups in total. The second-order valence-electron chi connectivity index (χ2n) is 4.31. The highest BCUT2D eigenvalue weighted by molar-refractivity contribution is 9.10. The number of aromatic nitrogens is 3. The number of nitrogens with one attached hydrogen (secondary N) is 1. The maximum atomic E-state index is 12.5. The Morgan fingerprint density at radius 3 is 2.71 bits per heavy atom. The summed E-state index contributed by atoms with van der Waals surface area (Å²) in [6.45, 7) is 0.510. The zero-order valence-corrected chi connectivity index (χ0v) is 14.0. The molecule has 0 saturated carbocycles. The molecule has 9 heteroatoms. The Morgan fingerprint density at radius 1 is 1.38 bits per heavy atom. The first-order valence-electron chi connectivity index (χ1n) is 6.10. The molecule has 0 bridgehead atoms. The molecule has 1 aromatic heterocycles. The number of rotatable bonds is 6. The van der Waals surface area contributed by atoms with Crippen LogP contribution in [0.2, 0.25) is 0 Å². The summed E-state index contributed by atoms with van der Waals surface area (Å²) in [6.07, 6.45) is 0.611. The molecular formula is C12H15BrN4O3S. The Kier molecular flexibility index (Phi) is 4.96. The van der Waals surface area contributed by atoms with Crippen LogP contribution < -0.4 is 4.72 Å². The van der Waals surface area contributed by atoms with Crippen molar-refractivity contribution in [3.63, 3.8) is 0 Å². The van der Waals surface area contributed by atoms with Crippen LogP contribution in [-0.4, -0.2) is 37.1 Å². The number of sulfonamides is 1. The molecular weight excluding hydrogens is 360 g/mol. The van der Waals surface area contributed by atoms with E-state index in [9.17, 15) is 8.42 Å². The molecule has 21 heavy (non-hydrogen) atoms. The number of nitrogens with zero attached hydrogens (tertiary/aromatic N) is 3. The van der Waals surface area contributed by atoms with Crippen molar-refractivity contribution < 1.29 is 13.2 Å². The minimum Gasteiger partial charge on any atom is -0.384 e. The van der Waals surface area contributed by atoms with Crippen molar-refractivity contribution in [2.75, 3.05) is 18.4 Å². The van der Waals surface area contributed by atoms with E-state index in [1.807, 2.05) is 12.1 Å². The lowest BCUT2D eigenvalue weighted by Gasteiger charge is -2.12. The Labute approximate surface area is 131 Å². The molecule has 0 aliphatic carbocycles. The van der Waals surface area contributed by atoms with E-state index in [1.165, 1.54) is 11.7 Å². The van der Waals surface area contributed by atoms with Crippen LogP contribution >= 0.6 is 15.9 Å². The maximum absolute atomic E-state index is 12.5. The highest BCUT2D eigenvalue weighted by Crippen LogP contribution is 2.23. The van der Waals surface area contributed by atoms with Crippen LogP contribution in [0.4, 0.5) is 5.69 Å². The van der Waals surface area contributed by atoms with Gasteiger partial charge in [-0.05, 0) is 34.0 Å². The Balaban J connectivity index is 2.33. The van der Waals surface area contributed by atoms with Crippen molar-refractivity contribution in [3.05, 3.63) is 34.4 Å². The van der Waals surface area contributed by atoms with Crippen LogP contribution in [0.25, 0.3) is 0 Å². The lowest BCUT2D eigenvalue weighted by atomic mass is 10.1. The fourth-order valence-corrected chi connectivity index (χ4v) is 4.05. The third-order valence-corrected chi connectivity index (χ3v) is 5.08. The first-order chi connectivity index (χ1) is 9.95. The number of methoxy groups -OCH3 is 1. The molecule has 0 radical (unpaired) electrons. The molecule has 0 spiro atoms. The van der Waals surface area contributed by atoms with Gasteiger partial charge < -0.3 is 4.74 Å². The molecule has 0 aliphatic heterocycles. The average Bonchev–Trinajstić information content (AvgIpc) is 2.77. The second-order valence-corrected chi connectivity index (χ2v) is 6.66. The van der Waals surface area contributed by atoms with Gasteiger partial charge in [0.25, 0.3) is 10.0 Å². The minimum absolute atomic E-state index is 0.0240. The molecule has 7 nitrogen and oxygen atoms in total. The molecule has 1 aromatic carbocycles. The number of anilines is 1. The zero-order valence-electron chi connectivity index (χ0n) is 11.6. The van der Waals surface area contributed by atoms with Gasteiger partial charge in [0.1, 0.15) is 0 Å². The zero-order chi connectivity index (χ0) is 15.5. The van der Waals surface area contributed by atoms with E-state index < -0.39 is 10.0 Å². The predicted octanol–water partition coefficient (Wildman–Crippen LogP) is 1.57. The van der Waals surface area contributed by atoms with E-state index in [0.717, 1.165) is 5.56 Å². The molecule has 0 amide bonds. The molecule has 0 fully saturated rings. The summed E-state index contributed by atoms with van der Waals surface area (Å²) in [7, 11) is -0.659. The Morgan fingerprint density at radius 2 is 2.10 bits per heavy atom. The molecule has 0 aliphatic rings. The highest BCUT2D eigenvalue weighted by atomic mass is 79.9. The molecule has 0 saturated heterocycles. The van der Waals surface area contributed by atoms with E-state index in [0.29, 0.717) is 18.7 Å². The summed E-state index contributed by atoms with van der Waals surface area (Å²) in [5.74, 6) is 0. The van der Waals surface area contributed by atoms with Gasteiger partial charge >= 0.3 is 0 Å². The van der Waals surface area contributed by atoms with Gasteiger partial charge in [-0.2, -0.15) is 8.42 Å². The monoisotopic (exact) mass is 374 g/mol. The SMILES string of the molecule is COCCc1ccccc1NS(=O)(=O)c1c(Br)nnn1C. The summed E-state index contributed by atoms with van der Waals surface area (Å²) >= 11 is 3.09. The van der Waals surface area contributed by atoms with E-state index in [4.69, 9.17) is 4.74 Å². The van der Waals surface area contributed by atoms with Crippen molar-refractivity contribution in [1.29, 1.82) is 0 Å². The lowest BCUT2D eigenvalue weighted by Crippen LogP contribution is -2.18. The number of hydrogen-bond donors (Lipinski definition) is 1. The van der Waals surface area contributed by atoms with Gasteiger partial charge in [-0.15, -0.1) is 5.10 Å². The first kappa shape index (κ1) is 15.9. The van der Waals surface area contributed by atoms with E-state index in [1.54, 1.807) is 19.2 Å². The summed E-state index contributed by atoms with van der Waals surface area (Å²) < 4.78 is 33.9. The number of ether oxygens (including phenoxy) is 1. The van der Waals surface area contributed by atoms with Gasteiger partial charge in [-0.3, -0.25) is 4.72 Å². The number of para-hydroxylation sites is 1. The maximum Gasteiger partial charge on any atom is 0.281 e. The quantitative estimate of drug-likeness (QED) is 0.828. The standard InChI is InChI=1S/C12H15BrN4O3S/c1-17-12(11(13)14-16-17)21(18,19)15-10-6-4-3-5-9(10)7-8-20-2/h3-6,15H,7-8H2,1-2H3. The molecule has 2 rings (SSSR count). The first-order valence-corrected chi connectivity index (χ1v) is 8.38. The predicted molar refractivity (Wildman–Crippen MR) is 81.5 cm³/mol. The number of halogens is 1. The summed E-state index contributed by atoms with van der Waals surface area (Å²) in [6, 6.07) is 7.18. The number of aryl methyl sites for hydroxylation is 1. The summed E-state index contributed by atoms with van der Waals surface area (Å²) in [5.41, 5.74) is 1.37. The van der Waals surface area contributed by atoms with Crippen molar-refractivity contribution in [3.8, 4) is 0 Å². The van der Waals surface area contributed by atoms with Crippen molar-refractivity contribution >= 4 is 31.6 Å². The summed E-state index contributed by atoms with van der Waals surface area (Å²) in [4.78, 5) is 0.